The largest absolute Gasteiger partial charge is 0.370 e. The van der Waals surface area contributed by atoms with Gasteiger partial charge >= 0.3 is 0 Å². The Labute approximate surface area is 134 Å². The summed E-state index contributed by atoms with van der Waals surface area (Å²) < 4.78 is 23.3. The Bertz CT molecular complexity index is 714. The van der Waals surface area contributed by atoms with E-state index in [0.717, 1.165) is 12.8 Å². The van der Waals surface area contributed by atoms with Gasteiger partial charge in [-0.3, -0.25) is 0 Å². The zero-order valence-electron chi connectivity index (χ0n) is 13.0. The number of hydrogen-bond acceptors (Lipinski definition) is 2. The van der Waals surface area contributed by atoms with Gasteiger partial charge in [-0.05, 0) is 66.6 Å². The van der Waals surface area contributed by atoms with Crippen LogP contribution in [0.25, 0.3) is 0 Å². The minimum absolute atomic E-state index is 0.188. The average molecular weight is 312 g/mol. The van der Waals surface area contributed by atoms with Crippen LogP contribution in [0.2, 0.25) is 0 Å². The number of hydrogen-bond donors (Lipinski definition) is 0. The predicted molar refractivity (Wildman–Crippen MR) is 78.9 cm³/mol. The van der Waals surface area contributed by atoms with E-state index in [4.69, 9.17) is 4.74 Å². The summed E-state index contributed by atoms with van der Waals surface area (Å²) in [6, 6.07) is 0. The molecule has 14 atom stereocenters. The van der Waals surface area contributed by atoms with Gasteiger partial charge in [-0.2, -0.15) is 0 Å². The highest BCUT2D eigenvalue weighted by atomic mass is 19.1. The van der Waals surface area contributed by atoms with Crippen LogP contribution < -0.4 is 0 Å². The van der Waals surface area contributed by atoms with E-state index in [-0.39, 0.29) is 17.9 Å². The number of allylic oxidation sites excluding steroid dienone is 2. The molecular weight excluding hydrogens is 291 g/mol. The van der Waals surface area contributed by atoms with Crippen LogP contribution in [0.1, 0.15) is 19.3 Å². The predicted octanol–water partition coefficient (Wildman–Crippen LogP) is 2.63. The normalized spacial score (nSPS) is 79.2. The highest BCUT2D eigenvalue weighted by Gasteiger charge is 2.94. The van der Waals surface area contributed by atoms with Gasteiger partial charge in [0.25, 0.3) is 0 Å². The topological polar surface area (TPSA) is 26.3 Å². The summed E-state index contributed by atoms with van der Waals surface area (Å²) in [5.41, 5.74) is -1.67. The molecule has 9 aliphatic rings. The minimum Gasteiger partial charge on any atom is -0.370 e. The zero-order valence-corrected chi connectivity index (χ0v) is 13.0. The molecule has 0 aromatic heterocycles. The molecule has 0 N–H and O–H groups in total. The number of alkyl halides is 1. The van der Waals surface area contributed by atoms with Crippen molar-refractivity contribution in [3.63, 3.8) is 0 Å². The van der Waals surface area contributed by atoms with Crippen LogP contribution in [0.5, 0.6) is 0 Å². The Kier molecular flexibility index (Phi) is 1.53. The fourth-order valence-corrected chi connectivity index (χ4v) is 10.8. The smallest absolute Gasteiger partial charge is 0.144 e. The van der Waals surface area contributed by atoms with E-state index < -0.39 is 17.2 Å². The van der Waals surface area contributed by atoms with Crippen molar-refractivity contribution < 1.29 is 13.9 Å². The molecular formula is C20H21FO2. The second-order valence-electron chi connectivity index (χ2n) is 9.98. The summed E-state index contributed by atoms with van der Waals surface area (Å²) in [4.78, 5) is 12.6. The van der Waals surface area contributed by atoms with Crippen LogP contribution in [-0.2, 0) is 9.53 Å². The second-order valence-corrected chi connectivity index (χ2v) is 9.98. The first kappa shape index (κ1) is 11.8. The van der Waals surface area contributed by atoms with Crippen molar-refractivity contribution in [1.82, 2.24) is 0 Å². The number of halogens is 1. The van der Waals surface area contributed by atoms with Crippen molar-refractivity contribution in [3.05, 3.63) is 12.2 Å². The SMILES string of the molecule is O=C[C@]12[C@@H]3[C@@H]4CC[C@@H]5O[C@@H]1[C@]1(F)[C@H]([C@@H]45)[C@@H]3[C@@H]3[C@@H]1[C@H]1CC=C[C@@H]1[C@@H]32. The number of ether oxygens (including phenoxy) is 1. The fourth-order valence-electron chi connectivity index (χ4n) is 10.8. The fraction of sp³-hybridized carbons (Fsp3) is 0.850. The molecule has 8 fully saturated rings. The van der Waals surface area contributed by atoms with Crippen LogP contribution in [0.3, 0.4) is 0 Å². The lowest BCUT2D eigenvalue weighted by atomic mass is 9.54. The van der Waals surface area contributed by atoms with E-state index in [1.807, 2.05) is 0 Å². The molecule has 9 bridgehead atoms. The van der Waals surface area contributed by atoms with Gasteiger partial charge in [0, 0.05) is 11.8 Å². The summed E-state index contributed by atoms with van der Waals surface area (Å²) >= 11 is 0. The molecule has 0 radical (unpaired) electrons. The molecule has 0 unspecified atom stereocenters. The van der Waals surface area contributed by atoms with Gasteiger partial charge < -0.3 is 9.53 Å². The van der Waals surface area contributed by atoms with Crippen LogP contribution in [-0.4, -0.2) is 24.2 Å². The summed E-state index contributed by atoms with van der Waals surface area (Å²) in [7, 11) is 0. The van der Waals surface area contributed by atoms with Gasteiger partial charge in [0.1, 0.15) is 18.1 Å². The van der Waals surface area contributed by atoms with E-state index in [2.05, 4.69) is 12.2 Å². The maximum absolute atomic E-state index is 16.8. The molecule has 2 nitrogen and oxygen atoms in total. The Morgan fingerprint density at radius 2 is 1.91 bits per heavy atom. The van der Waals surface area contributed by atoms with E-state index in [9.17, 15) is 4.79 Å². The summed E-state index contributed by atoms with van der Waals surface area (Å²) in [6.07, 6.45) is 9.03. The van der Waals surface area contributed by atoms with Gasteiger partial charge in [0.15, 0.2) is 0 Å². The van der Waals surface area contributed by atoms with Crippen molar-refractivity contribution in [2.75, 3.05) is 0 Å². The molecule has 3 heteroatoms. The number of fused-ring (bicyclic) bond motifs is 1. The maximum atomic E-state index is 16.8. The Hall–Kier alpha value is -0.700. The average Bonchev–Trinajstić information content (AvgIpc) is 3.25. The minimum atomic E-state index is -1.19. The van der Waals surface area contributed by atoms with Crippen LogP contribution >= 0.6 is 0 Å². The van der Waals surface area contributed by atoms with Crippen molar-refractivity contribution in [2.24, 2.45) is 64.6 Å². The molecule has 0 amide bonds. The highest BCUT2D eigenvalue weighted by molar-refractivity contribution is 5.69. The first-order valence-corrected chi connectivity index (χ1v) is 9.72. The lowest BCUT2D eigenvalue weighted by molar-refractivity contribution is -0.251. The third-order valence-corrected chi connectivity index (χ3v) is 10.4. The first-order valence-electron chi connectivity index (χ1n) is 9.72. The van der Waals surface area contributed by atoms with Gasteiger partial charge in [-0.15, -0.1) is 0 Å². The standard InChI is InChI=1S/C20H21FO2/c21-20-16-8-3-1-2-7(8)14-12(16)13-15-9-4-5-10(11(9)17(13)20)23-18(20)19(14,15)6-22/h1-2,6-18H,3-5H2/t7-,8-,9+,10-,11-,12-,13+,14-,15+,16-,17+,18-,19-,20+/m0/s1. The van der Waals surface area contributed by atoms with E-state index in [0.29, 0.717) is 47.3 Å². The zero-order chi connectivity index (χ0) is 14.9. The number of aldehydes is 1. The van der Waals surface area contributed by atoms with Crippen LogP contribution in [0, 0.1) is 64.6 Å². The molecule has 0 spiro atoms. The Balaban J connectivity index is 1.51. The summed E-state index contributed by atoms with van der Waals surface area (Å²) in [6.45, 7) is 0. The molecule has 1 aliphatic heterocycles. The molecule has 120 valence electrons. The number of rotatable bonds is 1. The van der Waals surface area contributed by atoms with Crippen LogP contribution in [0.15, 0.2) is 12.2 Å². The lowest BCUT2D eigenvalue weighted by Gasteiger charge is -2.57. The van der Waals surface area contributed by atoms with Gasteiger partial charge in [-0.1, -0.05) is 12.2 Å². The number of carbonyl (C=O) groups is 1. The summed E-state index contributed by atoms with van der Waals surface area (Å²) in [5, 5.41) is 0. The van der Waals surface area contributed by atoms with Crippen molar-refractivity contribution in [3.8, 4) is 0 Å². The van der Waals surface area contributed by atoms with E-state index >= 15 is 4.39 Å². The molecule has 9 rings (SSSR count). The molecule has 8 aliphatic carbocycles. The highest BCUT2D eigenvalue weighted by Crippen LogP contribution is 2.90. The summed E-state index contributed by atoms with van der Waals surface area (Å²) in [5.74, 6) is 4.21. The molecule has 1 heterocycles. The third-order valence-electron chi connectivity index (χ3n) is 10.4. The van der Waals surface area contributed by atoms with Crippen molar-refractivity contribution in [1.29, 1.82) is 0 Å². The lowest BCUT2D eigenvalue weighted by Crippen LogP contribution is -2.67. The van der Waals surface area contributed by atoms with E-state index in [1.165, 1.54) is 12.7 Å². The second kappa shape index (κ2) is 2.98. The third kappa shape index (κ3) is 0.773. The Morgan fingerprint density at radius 1 is 1.04 bits per heavy atom. The van der Waals surface area contributed by atoms with Crippen molar-refractivity contribution >= 4 is 6.29 Å². The molecule has 0 aromatic carbocycles. The van der Waals surface area contributed by atoms with Gasteiger partial charge in [-0.25, -0.2) is 4.39 Å². The molecule has 7 saturated carbocycles. The van der Waals surface area contributed by atoms with Gasteiger partial charge in [0.05, 0.1) is 11.5 Å². The Morgan fingerprint density at radius 3 is 2.78 bits per heavy atom. The monoisotopic (exact) mass is 312 g/mol. The first-order chi connectivity index (χ1) is 11.2. The van der Waals surface area contributed by atoms with E-state index in [1.54, 1.807) is 0 Å². The van der Waals surface area contributed by atoms with Crippen molar-refractivity contribution in [2.45, 2.75) is 37.1 Å². The number of carbonyl (C=O) groups excluding carboxylic acids is 1. The van der Waals surface area contributed by atoms with Crippen LogP contribution in [0.4, 0.5) is 4.39 Å². The molecule has 1 saturated heterocycles. The molecule has 0 aromatic rings. The quantitative estimate of drug-likeness (QED) is 0.549. The molecule has 23 heavy (non-hydrogen) atoms. The van der Waals surface area contributed by atoms with Gasteiger partial charge in [0.2, 0.25) is 0 Å². The maximum Gasteiger partial charge on any atom is 0.144 e.